The van der Waals surface area contributed by atoms with Gasteiger partial charge in [0.2, 0.25) is 21.8 Å². The number of para-hydroxylation sites is 1. The third-order valence-electron chi connectivity index (χ3n) is 8.92. The fourth-order valence-electron chi connectivity index (χ4n) is 7.53. The van der Waals surface area contributed by atoms with Gasteiger partial charge in [-0.2, -0.15) is 4.72 Å². The van der Waals surface area contributed by atoms with Gasteiger partial charge in [-0.3, -0.25) is 19.7 Å². The van der Waals surface area contributed by atoms with Crippen molar-refractivity contribution >= 4 is 27.5 Å². The number of nitrogens with one attached hydrogen (secondary N) is 2. The molecule has 2 atom stereocenters. The molecule has 5 aliphatic rings. The number of hydrogen-bond donors (Lipinski definition) is 3. The number of benzene rings is 1. The molecule has 0 heterocycles. The highest BCUT2D eigenvalue weighted by molar-refractivity contribution is 7.89. The zero-order valence-electron chi connectivity index (χ0n) is 19.6. The van der Waals surface area contributed by atoms with E-state index in [4.69, 9.17) is 5.73 Å². The molecular formula is C24H32N4O6S. The Balaban J connectivity index is 1.40. The number of amides is 2. The number of sulfonamides is 1. The third kappa shape index (κ3) is 4.12. The first-order valence-corrected chi connectivity index (χ1v) is 13.9. The van der Waals surface area contributed by atoms with Crippen molar-refractivity contribution in [2.24, 2.45) is 28.9 Å². The molecule has 4 N–H and O–H groups in total. The van der Waals surface area contributed by atoms with Crippen LogP contribution in [0, 0.1) is 33.3 Å². The van der Waals surface area contributed by atoms with E-state index in [2.05, 4.69) is 10.0 Å². The van der Waals surface area contributed by atoms with Crippen LogP contribution in [0.4, 0.5) is 5.69 Å². The molecule has 5 aliphatic carbocycles. The SMILES string of the molecule is NC(=O)C12CC3CC(C1)C(NC(=O)C1(NS(=O)(=O)c4ccccc4[N+](=O)[O-])CCCCC1)C(C3)C2. The second-order valence-corrected chi connectivity index (χ2v) is 12.7. The number of nitro groups is 1. The normalized spacial score (nSPS) is 33.3. The average Bonchev–Trinajstić information content (AvgIpc) is 2.81. The Bertz CT molecular complexity index is 1150. The largest absolute Gasteiger partial charge is 0.369 e. The summed E-state index contributed by atoms with van der Waals surface area (Å²) in [5.41, 5.74) is 3.42. The molecule has 0 aromatic heterocycles. The Morgan fingerprint density at radius 3 is 2.26 bits per heavy atom. The summed E-state index contributed by atoms with van der Waals surface area (Å²) in [5.74, 6) is 0.108. The Hall–Kier alpha value is -2.53. The monoisotopic (exact) mass is 504 g/mol. The highest BCUT2D eigenvalue weighted by Gasteiger charge is 2.59. The first-order valence-electron chi connectivity index (χ1n) is 12.4. The van der Waals surface area contributed by atoms with Gasteiger partial charge in [0.25, 0.3) is 5.69 Å². The Morgan fingerprint density at radius 1 is 1.03 bits per heavy atom. The summed E-state index contributed by atoms with van der Waals surface area (Å²) in [6.07, 6.45) is 6.92. The van der Waals surface area contributed by atoms with Gasteiger partial charge >= 0.3 is 0 Å². The van der Waals surface area contributed by atoms with Gasteiger partial charge in [0.05, 0.1) is 4.92 Å². The van der Waals surface area contributed by atoms with Gasteiger partial charge in [-0.25, -0.2) is 8.42 Å². The lowest BCUT2D eigenvalue weighted by Gasteiger charge is -2.59. The van der Waals surface area contributed by atoms with Gasteiger partial charge in [-0.1, -0.05) is 31.4 Å². The number of carbonyl (C=O) groups excluding carboxylic acids is 2. The van der Waals surface area contributed by atoms with Crippen LogP contribution >= 0.6 is 0 Å². The summed E-state index contributed by atoms with van der Waals surface area (Å²) < 4.78 is 29.3. The second-order valence-electron chi connectivity index (χ2n) is 11.1. The molecule has 6 rings (SSSR count). The minimum Gasteiger partial charge on any atom is -0.369 e. The Morgan fingerprint density at radius 2 is 1.66 bits per heavy atom. The summed E-state index contributed by atoms with van der Waals surface area (Å²) in [5, 5.41) is 14.6. The molecular weight excluding hydrogens is 472 g/mol. The van der Waals surface area contributed by atoms with E-state index in [0.717, 1.165) is 31.7 Å². The van der Waals surface area contributed by atoms with Crippen molar-refractivity contribution in [3.63, 3.8) is 0 Å². The summed E-state index contributed by atoms with van der Waals surface area (Å²) in [4.78, 5) is 36.3. The molecule has 5 fully saturated rings. The number of nitrogens with two attached hydrogens (primary N) is 1. The highest BCUT2D eigenvalue weighted by Crippen LogP contribution is 2.60. The molecule has 0 spiro atoms. The molecule has 0 aliphatic heterocycles. The molecule has 190 valence electrons. The molecule has 0 radical (unpaired) electrons. The van der Waals surface area contributed by atoms with Crippen molar-refractivity contribution in [2.45, 2.75) is 80.7 Å². The Labute approximate surface area is 204 Å². The number of rotatable bonds is 7. The topological polar surface area (TPSA) is 162 Å². The molecule has 0 saturated heterocycles. The predicted octanol–water partition coefficient (Wildman–Crippen LogP) is 2.37. The lowest BCUT2D eigenvalue weighted by Crippen LogP contribution is -2.66. The van der Waals surface area contributed by atoms with Crippen molar-refractivity contribution in [1.82, 2.24) is 10.0 Å². The van der Waals surface area contributed by atoms with Gasteiger partial charge in [0.1, 0.15) is 5.54 Å². The zero-order chi connectivity index (χ0) is 25.0. The van der Waals surface area contributed by atoms with Crippen LogP contribution in [-0.2, 0) is 19.6 Å². The summed E-state index contributed by atoms with van der Waals surface area (Å²) in [7, 11) is -4.33. The zero-order valence-corrected chi connectivity index (χ0v) is 20.4. The van der Waals surface area contributed by atoms with Crippen molar-refractivity contribution < 1.29 is 22.9 Å². The molecule has 1 aromatic carbocycles. The van der Waals surface area contributed by atoms with E-state index in [0.29, 0.717) is 44.4 Å². The van der Waals surface area contributed by atoms with Crippen molar-refractivity contribution in [3.8, 4) is 0 Å². The van der Waals surface area contributed by atoms with Crippen LogP contribution in [-0.4, -0.2) is 36.7 Å². The van der Waals surface area contributed by atoms with Gasteiger partial charge in [0.15, 0.2) is 4.90 Å². The van der Waals surface area contributed by atoms with Crippen molar-refractivity contribution in [2.75, 3.05) is 0 Å². The minimum atomic E-state index is -4.33. The van der Waals surface area contributed by atoms with Crippen LogP contribution in [0.1, 0.15) is 64.2 Å². The van der Waals surface area contributed by atoms with Gasteiger partial charge in [-0.05, 0) is 68.8 Å². The maximum absolute atomic E-state index is 13.8. The van der Waals surface area contributed by atoms with Crippen LogP contribution in [0.15, 0.2) is 29.2 Å². The number of nitro benzene ring substituents is 1. The van der Waals surface area contributed by atoms with E-state index in [1.165, 1.54) is 18.2 Å². The maximum atomic E-state index is 13.8. The fraction of sp³-hybridized carbons (Fsp3) is 0.667. The first-order chi connectivity index (χ1) is 16.6. The summed E-state index contributed by atoms with van der Waals surface area (Å²) in [6, 6.07) is 5.05. The molecule has 10 nitrogen and oxygen atoms in total. The number of hydrogen-bond acceptors (Lipinski definition) is 6. The molecule has 2 amide bonds. The van der Waals surface area contributed by atoms with E-state index in [9.17, 15) is 28.1 Å². The summed E-state index contributed by atoms with van der Waals surface area (Å²) >= 11 is 0. The first kappa shape index (κ1) is 24.2. The van der Waals surface area contributed by atoms with Crippen molar-refractivity contribution in [1.29, 1.82) is 0 Å². The van der Waals surface area contributed by atoms with Crippen LogP contribution < -0.4 is 15.8 Å². The highest BCUT2D eigenvalue weighted by atomic mass is 32.2. The van der Waals surface area contributed by atoms with E-state index >= 15 is 0 Å². The predicted molar refractivity (Wildman–Crippen MR) is 126 cm³/mol. The van der Waals surface area contributed by atoms with Crippen LogP contribution in [0.25, 0.3) is 0 Å². The van der Waals surface area contributed by atoms with Crippen molar-refractivity contribution in [3.05, 3.63) is 34.4 Å². The second kappa shape index (κ2) is 8.55. The number of carbonyl (C=O) groups is 2. The van der Waals surface area contributed by atoms with Gasteiger partial charge in [-0.15, -0.1) is 0 Å². The van der Waals surface area contributed by atoms with Crippen LogP contribution in [0.2, 0.25) is 0 Å². The van der Waals surface area contributed by atoms with E-state index in [-0.39, 0.29) is 29.7 Å². The molecule has 4 bridgehead atoms. The smallest absolute Gasteiger partial charge is 0.289 e. The van der Waals surface area contributed by atoms with E-state index in [1.54, 1.807) is 0 Å². The third-order valence-corrected chi connectivity index (χ3v) is 10.5. The molecule has 35 heavy (non-hydrogen) atoms. The molecule has 5 saturated carbocycles. The minimum absolute atomic E-state index is 0.124. The lowest BCUT2D eigenvalue weighted by molar-refractivity contribution is -0.387. The molecule has 11 heteroatoms. The number of primary amides is 1. The Kier molecular flexibility index (Phi) is 5.90. The average molecular weight is 505 g/mol. The van der Waals surface area contributed by atoms with Gasteiger partial charge < -0.3 is 11.1 Å². The van der Waals surface area contributed by atoms with Crippen LogP contribution in [0.5, 0.6) is 0 Å². The fourth-order valence-corrected chi connectivity index (χ4v) is 9.13. The molecule has 2 unspecified atom stereocenters. The van der Waals surface area contributed by atoms with Crippen LogP contribution in [0.3, 0.4) is 0 Å². The standard InChI is InChI=1S/C24H32N4O6S/c25-21(29)23-12-15-10-16(13-23)20(17(11-15)14-23)26-22(30)24(8-4-1-5-9-24)27-35(33,34)19-7-3-2-6-18(19)28(31)32/h2-3,6-7,15-17,20,27H,1,4-5,8-14H2,(H2,25,29)(H,26,30). The van der Waals surface area contributed by atoms with Gasteiger partial charge in [0, 0.05) is 17.5 Å². The van der Waals surface area contributed by atoms with E-state index in [1.807, 2.05) is 0 Å². The molecule has 1 aromatic rings. The maximum Gasteiger partial charge on any atom is 0.289 e. The summed E-state index contributed by atoms with van der Waals surface area (Å²) in [6.45, 7) is 0. The number of nitrogens with zero attached hydrogens (tertiary/aromatic N) is 1. The quantitative estimate of drug-likeness (QED) is 0.381. The lowest BCUT2D eigenvalue weighted by atomic mass is 9.47. The van der Waals surface area contributed by atoms with E-state index < -0.39 is 36.5 Å².